The van der Waals surface area contributed by atoms with Crippen molar-refractivity contribution >= 4 is 11.7 Å². The molecular formula is C15H21NO3. The molecule has 1 aromatic carbocycles. The number of carbonyl (C=O) groups excluding carboxylic acids is 1. The third kappa shape index (κ3) is 3.63. The molecule has 0 spiro atoms. The summed E-state index contributed by atoms with van der Waals surface area (Å²) in [6, 6.07) is 4.97. The molecule has 0 aromatic heterocycles. The molecule has 4 nitrogen and oxygen atoms in total. The number of ether oxygens (including phenoxy) is 2. The van der Waals surface area contributed by atoms with Gasteiger partial charge in [-0.05, 0) is 37.0 Å². The first-order valence-corrected chi connectivity index (χ1v) is 6.81. The van der Waals surface area contributed by atoms with Crippen molar-refractivity contribution in [1.29, 1.82) is 0 Å². The van der Waals surface area contributed by atoms with Gasteiger partial charge in [0.05, 0.1) is 25.0 Å². The van der Waals surface area contributed by atoms with E-state index in [1.807, 2.05) is 0 Å². The van der Waals surface area contributed by atoms with Gasteiger partial charge in [0.1, 0.15) is 5.75 Å². The van der Waals surface area contributed by atoms with E-state index in [1.165, 1.54) is 19.3 Å². The Balaban J connectivity index is 1.90. The summed E-state index contributed by atoms with van der Waals surface area (Å²) in [4.78, 5) is 11.9. The molecule has 0 atom stereocenters. The van der Waals surface area contributed by atoms with Gasteiger partial charge in [-0.1, -0.05) is 19.3 Å². The Morgan fingerprint density at radius 2 is 2.05 bits per heavy atom. The number of nitrogens with two attached hydrogens (primary N) is 1. The van der Waals surface area contributed by atoms with Gasteiger partial charge in [0, 0.05) is 0 Å². The highest BCUT2D eigenvalue weighted by atomic mass is 16.5. The van der Waals surface area contributed by atoms with Gasteiger partial charge in [-0.3, -0.25) is 0 Å². The highest BCUT2D eigenvalue weighted by Crippen LogP contribution is 2.25. The predicted octanol–water partition coefficient (Wildman–Crippen LogP) is 3.01. The highest BCUT2D eigenvalue weighted by Gasteiger charge is 2.16. The molecule has 0 saturated heterocycles. The van der Waals surface area contributed by atoms with Crippen LogP contribution in [0.1, 0.15) is 42.5 Å². The number of hydrogen-bond acceptors (Lipinski definition) is 4. The van der Waals surface area contributed by atoms with E-state index < -0.39 is 0 Å². The number of hydrogen-bond donors (Lipinski definition) is 1. The number of anilines is 1. The maximum absolute atomic E-state index is 11.9. The molecule has 0 heterocycles. The molecular weight excluding hydrogens is 242 g/mol. The zero-order chi connectivity index (χ0) is 13.7. The molecule has 4 heteroatoms. The molecule has 0 aliphatic heterocycles. The van der Waals surface area contributed by atoms with Crippen LogP contribution in [0.25, 0.3) is 0 Å². The van der Waals surface area contributed by atoms with Crippen LogP contribution in [0, 0.1) is 5.92 Å². The lowest BCUT2D eigenvalue weighted by molar-refractivity contribution is 0.0410. The minimum absolute atomic E-state index is 0.306. The zero-order valence-corrected chi connectivity index (χ0v) is 11.4. The number of methoxy groups -OCH3 is 1. The Morgan fingerprint density at radius 3 is 2.68 bits per heavy atom. The molecule has 19 heavy (non-hydrogen) atoms. The molecule has 2 rings (SSSR count). The monoisotopic (exact) mass is 263 g/mol. The second kappa shape index (κ2) is 6.45. The van der Waals surface area contributed by atoms with E-state index in [1.54, 1.807) is 25.3 Å². The molecule has 1 aliphatic carbocycles. The van der Waals surface area contributed by atoms with E-state index in [2.05, 4.69) is 0 Å². The molecule has 0 unspecified atom stereocenters. The summed E-state index contributed by atoms with van der Waals surface area (Å²) in [5.74, 6) is 0.789. The molecule has 104 valence electrons. The Labute approximate surface area is 113 Å². The molecule has 0 bridgehead atoms. The maximum atomic E-state index is 11.9. The van der Waals surface area contributed by atoms with Crippen LogP contribution in [-0.4, -0.2) is 19.7 Å². The van der Waals surface area contributed by atoms with Crippen LogP contribution in [-0.2, 0) is 4.74 Å². The van der Waals surface area contributed by atoms with Gasteiger partial charge in [-0.25, -0.2) is 4.79 Å². The molecule has 1 saturated carbocycles. The number of rotatable bonds is 4. The van der Waals surface area contributed by atoms with Gasteiger partial charge in [-0.2, -0.15) is 0 Å². The van der Waals surface area contributed by atoms with Gasteiger partial charge >= 0.3 is 5.97 Å². The Hall–Kier alpha value is -1.71. The third-order valence-electron chi connectivity index (χ3n) is 3.64. The van der Waals surface area contributed by atoms with Gasteiger partial charge in [0.25, 0.3) is 0 Å². The van der Waals surface area contributed by atoms with Crippen LogP contribution in [0.5, 0.6) is 5.75 Å². The average molecular weight is 263 g/mol. The van der Waals surface area contributed by atoms with Crippen LogP contribution in [0.2, 0.25) is 0 Å². The number of esters is 1. The second-order valence-electron chi connectivity index (χ2n) is 5.06. The lowest BCUT2D eigenvalue weighted by Gasteiger charge is -2.21. The average Bonchev–Trinajstić information content (AvgIpc) is 2.45. The summed E-state index contributed by atoms with van der Waals surface area (Å²) < 4.78 is 10.4. The van der Waals surface area contributed by atoms with Crippen LogP contribution >= 0.6 is 0 Å². The molecule has 0 radical (unpaired) electrons. The van der Waals surface area contributed by atoms with E-state index in [0.717, 1.165) is 12.8 Å². The third-order valence-corrected chi connectivity index (χ3v) is 3.64. The normalized spacial score (nSPS) is 16.1. The molecule has 1 fully saturated rings. The van der Waals surface area contributed by atoms with Crippen LogP contribution in [0.15, 0.2) is 18.2 Å². The summed E-state index contributed by atoms with van der Waals surface area (Å²) in [5, 5.41) is 0. The Morgan fingerprint density at radius 1 is 1.32 bits per heavy atom. The topological polar surface area (TPSA) is 61.5 Å². The quantitative estimate of drug-likeness (QED) is 0.670. The van der Waals surface area contributed by atoms with Crippen molar-refractivity contribution in [1.82, 2.24) is 0 Å². The lowest BCUT2D eigenvalue weighted by atomic mass is 9.90. The smallest absolute Gasteiger partial charge is 0.338 e. The number of nitrogen functional groups attached to an aromatic ring is 1. The fourth-order valence-corrected chi connectivity index (χ4v) is 2.49. The first kappa shape index (κ1) is 13.7. The first-order chi connectivity index (χ1) is 9.20. The van der Waals surface area contributed by atoms with E-state index >= 15 is 0 Å². The minimum atomic E-state index is -0.306. The summed E-state index contributed by atoms with van der Waals surface area (Å²) in [5.41, 5.74) is 6.71. The van der Waals surface area contributed by atoms with Gasteiger partial charge in [0.15, 0.2) is 0 Å². The van der Waals surface area contributed by atoms with Crippen molar-refractivity contribution in [3.8, 4) is 5.75 Å². The largest absolute Gasteiger partial charge is 0.495 e. The predicted molar refractivity (Wildman–Crippen MR) is 74.3 cm³/mol. The van der Waals surface area contributed by atoms with Crippen molar-refractivity contribution in [2.75, 3.05) is 19.5 Å². The number of carbonyl (C=O) groups is 1. The first-order valence-electron chi connectivity index (χ1n) is 6.81. The number of benzene rings is 1. The van der Waals surface area contributed by atoms with Crippen molar-refractivity contribution < 1.29 is 14.3 Å². The fourth-order valence-electron chi connectivity index (χ4n) is 2.49. The minimum Gasteiger partial charge on any atom is -0.495 e. The molecule has 2 N–H and O–H groups in total. The SMILES string of the molecule is COc1ccc(C(=O)OCC2CCCCC2)cc1N. The van der Waals surface area contributed by atoms with Crippen molar-refractivity contribution in [2.45, 2.75) is 32.1 Å². The Bertz CT molecular complexity index is 439. The summed E-state index contributed by atoms with van der Waals surface area (Å²) in [6.07, 6.45) is 6.13. The standard InChI is InChI=1S/C15H21NO3/c1-18-14-8-7-12(9-13(14)16)15(17)19-10-11-5-3-2-4-6-11/h7-9,11H,2-6,10,16H2,1H3. The fraction of sp³-hybridized carbons (Fsp3) is 0.533. The lowest BCUT2D eigenvalue weighted by Crippen LogP contribution is -2.17. The zero-order valence-electron chi connectivity index (χ0n) is 11.4. The van der Waals surface area contributed by atoms with Crippen molar-refractivity contribution in [3.05, 3.63) is 23.8 Å². The summed E-state index contributed by atoms with van der Waals surface area (Å²) in [6.45, 7) is 0.519. The highest BCUT2D eigenvalue weighted by molar-refractivity contribution is 5.91. The van der Waals surface area contributed by atoms with Crippen molar-refractivity contribution in [3.63, 3.8) is 0 Å². The molecule has 1 aromatic rings. The maximum Gasteiger partial charge on any atom is 0.338 e. The van der Waals surface area contributed by atoms with Crippen LogP contribution in [0.3, 0.4) is 0 Å². The summed E-state index contributed by atoms with van der Waals surface area (Å²) >= 11 is 0. The molecule has 0 amide bonds. The van der Waals surface area contributed by atoms with Gasteiger partial charge in [0.2, 0.25) is 0 Å². The van der Waals surface area contributed by atoms with Gasteiger partial charge < -0.3 is 15.2 Å². The second-order valence-corrected chi connectivity index (χ2v) is 5.06. The van der Waals surface area contributed by atoms with Crippen LogP contribution < -0.4 is 10.5 Å². The van der Waals surface area contributed by atoms with Crippen molar-refractivity contribution in [2.24, 2.45) is 5.92 Å². The van der Waals surface area contributed by atoms with E-state index in [9.17, 15) is 4.79 Å². The van der Waals surface area contributed by atoms with Gasteiger partial charge in [-0.15, -0.1) is 0 Å². The summed E-state index contributed by atoms with van der Waals surface area (Å²) in [7, 11) is 1.55. The Kier molecular flexibility index (Phi) is 4.66. The van der Waals surface area contributed by atoms with E-state index in [4.69, 9.17) is 15.2 Å². The molecule has 1 aliphatic rings. The van der Waals surface area contributed by atoms with Crippen LogP contribution in [0.4, 0.5) is 5.69 Å². The van der Waals surface area contributed by atoms with E-state index in [0.29, 0.717) is 29.5 Å². The van der Waals surface area contributed by atoms with E-state index in [-0.39, 0.29) is 5.97 Å².